The first kappa shape index (κ1) is 26.0. The molecule has 0 aliphatic rings. The van der Waals surface area contributed by atoms with Crippen molar-refractivity contribution in [1.82, 2.24) is 5.32 Å². The maximum absolute atomic E-state index is 10.2. The Morgan fingerprint density at radius 3 is 2.42 bits per heavy atom. The van der Waals surface area contributed by atoms with Crippen molar-refractivity contribution in [2.45, 2.75) is 45.0 Å². The molecule has 7 heteroatoms. The number of phenols is 1. The number of nitrogens with one attached hydrogen (secondary N) is 1. The minimum Gasteiger partial charge on any atom is -0.508 e. The van der Waals surface area contributed by atoms with E-state index in [0.717, 1.165) is 38.8 Å². The summed E-state index contributed by atoms with van der Waals surface area (Å²) in [7, 11) is 0. The van der Waals surface area contributed by atoms with Gasteiger partial charge in [0.2, 0.25) is 0 Å². The van der Waals surface area contributed by atoms with E-state index in [1.54, 1.807) is 12.1 Å². The van der Waals surface area contributed by atoms with E-state index >= 15 is 0 Å². The lowest BCUT2D eigenvalue weighted by Crippen LogP contribution is -2.22. The summed E-state index contributed by atoms with van der Waals surface area (Å²) < 4.78 is 12.5. The lowest BCUT2D eigenvalue weighted by molar-refractivity contribution is 0.0393. The largest absolute Gasteiger partial charge is 0.508 e. The highest BCUT2D eigenvalue weighted by Crippen LogP contribution is 2.22. The predicted octanol–water partition coefficient (Wildman–Crippen LogP) is 3.91. The quantitative estimate of drug-likeness (QED) is 0.190. The van der Waals surface area contributed by atoms with Crippen LogP contribution in [-0.2, 0) is 22.7 Å². The zero-order chi connectivity index (χ0) is 22.3. The van der Waals surface area contributed by atoms with Crippen LogP contribution in [0.2, 0.25) is 0 Å². The first-order chi connectivity index (χ1) is 15.1. The SMILES string of the molecule is OCc1cc(C(O)CNCCCCCCOCCOCc2ccc(I)cc2)ccc1O. The van der Waals surface area contributed by atoms with Gasteiger partial charge in [-0.1, -0.05) is 31.0 Å². The van der Waals surface area contributed by atoms with Crippen molar-refractivity contribution in [3.05, 3.63) is 62.7 Å². The second kappa shape index (κ2) is 15.6. The number of benzene rings is 2. The fraction of sp³-hybridized carbons (Fsp3) is 0.500. The summed E-state index contributed by atoms with van der Waals surface area (Å²) in [5.41, 5.74) is 2.30. The smallest absolute Gasteiger partial charge is 0.121 e. The number of aromatic hydroxyl groups is 1. The fourth-order valence-electron chi connectivity index (χ4n) is 3.09. The van der Waals surface area contributed by atoms with Gasteiger partial charge in [0, 0.05) is 22.3 Å². The number of halogens is 1. The zero-order valence-electron chi connectivity index (χ0n) is 17.9. The van der Waals surface area contributed by atoms with Crippen molar-refractivity contribution in [1.29, 1.82) is 0 Å². The van der Waals surface area contributed by atoms with E-state index in [9.17, 15) is 15.3 Å². The van der Waals surface area contributed by atoms with Crippen LogP contribution in [0.25, 0.3) is 0 Å². The molecule has 0 amide bonds. The number of unbranched alkanes of at least 4 members (excludes halogenated alkanes) is 3. The third-order valence-corrected chi connectivity index (χ3v) is 5.66. The molecule has 172 valence electrons. The molecule has 6 nitrogen and oxygen atoms in total. The van der Waals surface area contributed by atoms with Gasteiger partial charge in [-0.05, 0) is 77.4 Å². The molecule has 0 saturated heterocycles. The van der Waals surface area contributed by atoms with Gasteiger partial charge in [-0.3, -0.25) is 0 Å². The van der Waals surface area contributed by atoms with E-state index in [-0.39, 0.29) is 12.4 Å². The minimum atomic E-state index is -0.660. The third kappa shape index (κ3) is 10.8. The molecule has 0 bridgehead atoms. The lowest BCUT2D eigenvalue weighted by atomic mass is 10.1. The number of hydrogen-bond acceptors (Lipinski definition) is 6. The summed E-state index contributed by atoms with van der Waals surface area (Å²) in [5.74, 6) is 0.0462. The van der Waals surface area contributed by atoms with Crippen molar-refractivity contribution >= 4 is 22.6 Å². The van der Waals surface area contributed by atoms with Crippen LogP contribution in [0.4, 0.5) is 0 Å². The van der Waals surface area contributed by atoms with E-state index < -0.39 is 6.10 Å². The fourth-order valence-corrected chi connectivity index (χ4v) is 3.45. The molecule has 0 aromatic heterocycles. The highest BCUT2D eigenvalue weighted by molar-refractivity contribution is 14.1. The molecule has 0 aliphatic carbocycles. The maximum atomic E-state index is 10.2. The van der Waals surface area contributed by atoms with E-state index in [4.69, 9.17) is 9.47 Å². The number of hydrogen-bond donors (Lipinski definition) is 4. The standard InChI is InChI=1S/C24H34INO5/c25-22-8-5-19(6-9-22)18-31-14-13-30-12-4-2-1-3-11-26-16-24(29)20-7-10-23(28)21(15-20)17-27/h5-10,15,24,26-29H,1-4,11-14,16-18H2. The Hall–Kier alpha value is -1.23. The highest BCUT2D eigenvalue weighted by Gasteiger charge is 2.09. The summed E-state index contributed by atoms with van der Waals surface area (Å²) in [6.07, 6.45) is 3.66. The van der Waals surface area contributed by atoms with Gasteiger partial charge >= 0.3 is 0 Å². The van der Waals surface area contributed by atoms with E-state index in [1.165, 1.54) is 15.2 Å². The van der Waals surface area contributed by atoms with Crippen LogP contribution >= 0.6 is 22.6 Å². The average molecular weight is 543 g/mol. The summed E-state index contributed by atoms with van der Waals surface area (Å²) >= 11 is 2.29. The van der Waals surface area contributed by atoms with E-state index in [0.29, 0.717) is 37.5 Å². The Balaban J connectivity index is 1.39. The molecule has 31 heavy (non-hydrogen) atoms. The van der Waals surface area contributed by atoms with E-state index in [1.807, 2.05) is 0 Å². The Morgan fingerprint density at radius 1 is 0.903 bits per heavy atom. The molecule has 0 saturated carbocycles. The highest BCUT2D eigenvalue weighted by atomic mass is 127. The second-order valence-electron chi connectivity index (χ2n) is 7.47. The molecular formula is C24H34INO5. The molecule has 2 aromatic rings. The van der Waals surface area contributed by atoms with Gasteiger partial charge in [0.25, 0.3) is 0 Å². The molecule has 1 unspecified atom stereocenters. The number of ether oxygens (including phenoxy) is 2. The Bertz CT molecular complexity index is 741. The van der Waals surface area contributed by atoms with Crippen LogP contribution < -0.4 is 5.32 Å². The normalized spacial score (nSPS) is 12.2. The topological polar surface area (TPSA) is 91.2 Å². The molecule has 0 spiro atoms. The molecule has 1 atom stereocenters. The van der Waals surface area contributed by atoms with Crippen LogP contribution in [0.5, 0.6) is 5.75 Å². The first-order valence-corrected chi connectivity index (χ1v) is 11.9. The van der Waals surface area contributed by atoms with Gasteiger partial charge in [0.05, 0.1) is 32.5 Å². The summed E-state index contributed by atoms with van der Waals surface area (Å²) in [6, 6.07) is 13.1. The molecule has 2 rings (SSSR count). The first-order valence-electron chi connectivity index (χ1n) is 10.8. The van der Waals surface area contributed by atoms with Crippen LogP contribution in [0.3, 0.4) is 0 Å². The van der Waals surface area contributed by atoms with Gasteiger partial charge in [0.1, 0.15) is 5.75 Å². The zero-order valence-corrected chi connectivity index (χ0v) is 20.1. The lowest BCUT2D eigenvalue weighted by Gasteiger charge is -2.14. The van der Waals surface area contributed by atoms with Gasteiger partial charge < -0.3 is 30.1 Å². The van der Waals surface area contributed by atoms with Gasteiger partial charge in [0.15, 0.2) is 0 Å². The number of aliphatic hydroxyl groups excluding tert-OH is 2. The van der Waals surface area contributed by atoms with E-state index in [2.05, 4.69) is 52.2 Å². The summed E-state index contributed by atoms with van der Waals surface area (Å²) in [5, 5.41) is 32.2. The predicted molar refractivity (Wildman–Crippen MR) is 130 cm³/mol. The van der Waals surface area contributed by atoms with Crippen molar-refractivity contribution in [2.24, 2.45) is 0 Å². The summed E-state index contributed by atoms with van der Waals surface area (Å²) in [6.45, 7) is 3.66. The van der Waals surface area contributed by atoms with Crippen molar-refractivity contribution in [2.75, 3.05) is 32.9 Å². The Labute approximate surface area is 198 Å². The molecule has 0 heterocycles. The summed E-state index contributed by atoms with van der Waals surface area (Å²) in [4.78, 5) is 0. The molecule has 0 aliphatic heterocycles. The average Bonchev–Trinajstić information content (AvgIpc) is 2.78. The van der Waals surface area contributed by atoms with Gasteiger partial charge in [-0.15, -0.1) is 0 Å². The Morgan fingerprint density at radius 2 is 1.65 bits per heavy atom. The molecule has 0 fully saturated rings. The monoisotopic (exact) mass is 543 g/mol. The third-order valence-electron chi connectivity index (χ3n) is 4.94. The van der Waals surface area contributed by atoms with Crippen molar-refractivity contribution in [3.63, 3.8) is 0 Å². The van der Waals surface area contributed by atoms with Crippen LogP contribution in [0, 0.1) is 3.57 Å². The maximum Gasteiger partial charge on any atom is 0.121 e. The molecule has 2 aromatic carbocycles. The number of aliphatic hydroxyl groups is 2. The van der Waals surface area contributed by atoms with Gasteiger partial charge in [-0.25, -0.2) is 0 Å². The van der Waals surface area contributed by atoms with Crippen LogP contribution in [-0.4, -0.2) is 48.2 Å². The van der Waals surface area contributed by atoms with Gasteiger partial charge in [-0.2, -0.15) is 0 Å². The molecule has 4 N–H and O–H groups in total. The minimum absolute atomic E-state index is 0.0462. The van der Waals surface area contributed by atoms with Crippen LogP contribution in [0.1, 0.15) is 48.5 Å². The second-order valence-corrected chi connectivity index (χ2v) is 8.72. The van der Waals surface area contributed by atoms with Crippen molar-refractivity contribution in [3.8, 4) is 5.75 Å². The molecular weight excluding hydrogens is 509 g/mol. The number of rotatable bonds is 16. The van der Waals surface area contributed by atoms with Crippen molar-refractivity contribution < 1.29 is 24.8 Å². The van der Waals surface area contributed by atoms with Crippen LogP contribution in [0.15, 0.2) is 42.5 Å². The Kier molecular flexibility index (Phi) is 13.1. The molecule has 0 radical (unpaired) electrons.